The van der Waals surface area contributed by atoms with Gasteiger partial charge >= 0.3 is 0 Å². The predicted octanol–water partition coefficient (Wildman–Crippen LogP) is 1.82. The van der Waals surface area contributed by atoms with E-state index in [1.807, 2.05) is 0 Å². The SMILES string of the molecule is NCc1ncc(N)c(C(F)F)c1Br. The molecule has 0 aliphatic carbocycles. The van der Waals surface area contributed by atoms with E-state index in [2.05, 4.69) is 20.9 Å². The zero-order valence-corrected chi connectivity index (χ0v) is 8.18. The average molecular weight is 252 g/mol. The molecule has 0 aromatic carbocycles. The number of nitrogens with zero attached hydrogens (tertiary/aromatic N) is 1. The standard InChI is InChI=1S/C7H8BrF2N3/c8-6-4(1-11)13-2-3(12)5(6)7(9)10/h2,7H,1,11-12H2. The Bertz CT molecular complexity index is 317. The lowest BCUT2D eigenvalue weighted by Crippen LogP contribution is -2.06. The Hall–Kier alpha value is -0.750. The van der Waals surface area contributed by atoms with E-state index < -0.39 is 6.43 Å². The third-order valence-corrected chi connectivity index (χ3v) is 2.46. The van der Waals surface area contributed by atoms with E-state index in [-0.39, 0.29) is 22.3 Å². The highest BCUT2D eigenvalue weighted by Crippen LogP contribution is 2.33. The van der Waals surface area contributed by atoms with Gasteiger partial charge in [-0.2, -0.15) is 0 Å². The van der Waals surface area contributed by atoms with Crippen molar-refractivity contribution in [3.05, 3.63) is 21.9 Å². The Kier molecular flexibility index (Phi) is 3.16. The van der Waals surface area contributed by atoms with E-state index >= 15 is 0 Å². The summed E-state index contributed by atoms with van der Waals surface area (Å²) in [7, 11) is 0. The van der Waals surface area contributed by atoms with Crippen molar-refractivity contribution in [1.82, 2.24) is 4.98 Å². The average Bonchev–Trinajstić information content (AvgIpc) is 2.04. The van der Waals surface area contributed by atoms with E-state index in [0.717, 1.165) is 0 Å². The molecule has 0 amide bonds. The van der Waals surface area contributed by atoms with Crippen molar-refractivity contribution in [3.63, 3.8) is 0 Å². The van der Waals surface area contributed by atoms with E-state index in [1.54, 1.807) is 0 Å². The third kappa shape index (κ3) is 1.94. The summed E-state index contributed by atoms with van der Waals surface area (Å²) < 4.78 is 25.1. The predicted molar refractivity (Wildman–Crippen MR) is 49.2 cm³/mol. The first-order valence-electron chi connectivity index (χ1n) is 3.49. The molecule has 4 N–H and O–H groups in total. The van der Waals surface area contributed by atoms with Crippen LogP contribution in [0.1, 0.15) is 17.7 Å². The summed E-state index contributed by atoms with van der Waals surface area (Å²) >= 11 is 2.99. The van der Waals surface area contributed by atoms with Gasteiger partial charge in [-0.05, 0) is 15.9 Å². The van der Waals surface area contributed by atoms with Crippen molar-refractivity contribution in [1.29, 1.82) is 0 Å². The van der Waals surface area contributed by atoms with Crippen molar-refractivity contribution in [2.75, 3.05) is 5.73 Å². The number of pyridine rings is 1. The summed E-state index contributed by atoms with van der Waals surface area (Å²) in [6, 6.07) is 0. The minimum Gasteiger partial charge on any atom is -0.397 e. The number of nitrogens with two attached hydrogens (primary N) is 2. The molecule has 1 aromatic rings. The van der Waals surface area contributed by atoms with E-state index in [9.17, 15) is 8.78 Å². The normalized spacial score (nSPS) is 10.8. The van der Waals surface area contributed by atoms with Gasteiger partial charge in [0.25, 0.3) is 6.43 Å². The molecule has 13 heavy (non-hydrogen) atoms. The molecular weight excluding hydrogens is 244 g/mol. The molecule has 0 atom stereocenters. The lowest BCUT2D eigenvalue weighted by Gasteiger charge is -2.09. The van der Waals surface area contributed by atoms with Gasteiger partial charge in [-0.15, -0.1) is 0 Å². The lowest BCUT2D eigenvalue weighted by molar-refractivity contribution is 0.151. The number of rotatable bonds is 2. The van der Waals surface area contributed by atoms with Crippen molar-refractivity contribution < 1.29 is 8.78 Å². The summed E-state index contributed by atoms with van der Waals surface area (Å²) in [6.45, 7) is 0.0978. The van der Waals surface area contributed by atoms with Crippen molar-refractivity contribution in [2.24, 2.45) is 5.73 Å². The highest BCUT2D eigenvalue weighted by molar-refractivity contribution is 9.10. The van der Waals surface area contributed by atoms with Crippen LogP contribution in [0.25, 0.3) is 0 Å². The van der Waals surface area contributed by atoms with Gasteiger partial charge in [0, 0.05) is 6.54 Å². The molecule has 1 rings (SSSR count). The van der Waals surface area contributed by atoms with Gasteiger partial charge in [0.15, 0.2) is 0 Å². The number of aromatic nitrogens is 1. The molecule has 0 saturated heterocycles. The Balaban J connectivity index is 3.30. The Morgan fingerprint density at radius 1 is 1.54 bits per heavy atom. The quantitative estimate of drug-likeness (QED) is 0.843. The molecule has 0 radical (unpaired) electrons. The van der Waals surface area contributed by atoms with Crippen LogP contribution in [0.4, 0.5) is 14.5 Å². The fourth-order valence-electron chi connectivity index (χ4n) is 0.920. The molecule has 0 bridgehead atoms. The smallest absolute Gasteiger partial charge is 0.267 e. The van der Waals surface area contributed by atoms with Gasteiger partial charge in [-0.25, -0.2) is 8.78 Å². The molecule has 0 saturated carbocycles. The first-order valence-corrected chi connectivity index (χ1v) is 4.28. The molecule has 3 nitrogen and oxygen atoms in total. The molecule has 0 unspecified atom stereocenters. The number of anilines is 1. The van der Waals surface area contributed by atoms with Gasteiger partial charge in [0.2, 0.25) is 0 Å². The second kappa shape index (κ2) is 3.97. The Labute approximate surface area is 82.3 Å². The first kappa shape index (κ1) is 10.3. The van der Waals surface area contributed by atoms with Gasteiger partial charge in [-0.1, -0.05) is 0 Å². The molecule has 6 heteroatoms. The number of nitrogen functional groups attached to an aromatic ring is 1. The van der Waals surface area contributed by atoms with E-state index in [0.29, 0.717) is 5.69 Å². The van der Waals surface area contributed by atoms with Gasteiger partial charge < -0.3 is 11.5 Å². The minimum atomic E-state index is -2.62. The first-order chi connectivity index (χ1) is 6.07. The summed E-state index contributed by atoms with van der Waals surface area (Å²) in [4.78, 5) is 3.81. The molecule has 1 heterocycles. The largest absolute Gasteiger partial charge is 0.397 e. The van der Waals surface area contributed by atoms with Crippen LogP contribution < -0.4 is 11.5 Å². The molecule has 1 aromatic heterocycles. The number of alkyl halides is 2. The summed E-state index contributed by atoms with van der Waals surface area (Å²) in [6.07, 6.45) is -1.43. The van der Waals surface area contributed by atoms with Crippen molar-refractivity contribution in [2.45, 2.75) is 13.0 Å². The summed E-state index contributed by atoms with van der Waals surface area (Å²) in [5.74, 6) is 0. The Morgan fingerprint density at radius 3 is 2.62 bits per heavy atom. The molecule has 0 fully saturated rings. The molecule has 0 aliphatic heterocycles. The zero-order chi connectivity index (χ0) is 10.0. The maximum atomic E-state index is 12.4. The zero-order valence-electron chi connectivity index (χ0n) is 6.60. The van der Waals surface area contributed by atoms with Crippen LogP contribution in [0, 0.1) is 0 Å². The van der Waals surface area contributed by atoms with Crippen LogP contribution >= 0.6 is 15.9 Å². The van der Waals surface area contributed by atoms with Gasteiger partial charge in [0.05, 0.1) is 27.6 Å². The van der Waals surface area contributed by atoms with Crippen LogP contribution in [0.5, 0.6) is 0 Å². The number of hydrogen-bond acceptors (Lipinski definition) is 3. The second-order valence-corrected chi connectivity index (χ2v) is 3.19. The number of halogens is 3. The van der Waals surface area contributed by atoms with E-state index in [1.165, 1.54) is 6.20 Å². The van der Waals surface area contributed by atoms with Crippen LogP contribution in [0.2, 0.25) is 0 Å². The highest BCUT2D eigenvalue weighted by Gasteiger charge is 2.18. The van der Waals surface area contributed by atoms with Crippen LogP contribution in [-0.2, 0) is 6.54 Å². The second-order valence-electron chi connectivity index (χ2n) is 2.39. The van der Waals surface area contributed by atoms with Crippen molar-refractivity contribution in [3.8, 4) is 0 Å². The summed E-state index contributed by atoms with van der Waals surface area (Å²) in [5, 5.41) is 0. The molecule has 0 aliphatic rings. The van der Waals surface area contributed by atoms with Gasteiger partial charge in [0.1, 0.15) is 0 Å². The Morgan fingerprint density at radius 2 is 2.15 bits per heavy atom. The molecule has 0 spiro atoms. The fraction of sp³-hybridized carbons (Fsp3) is 0.286. The van der Waals surface area contributed by atoms with Crippen molar-refractivity contribution >= 4 is 21.6 Å². The van der Waals surface area contributed by atoms with E-state index in [4.69, 9.17) is 11.5 Å². The fourth-order valence-corrected chi connectivity index (χ4v) is 1.59. The lowest BCUT2D eigenvalue weighted by atomic mass is 10.2. The van der Waals surface area contributed by atoms with Crippen LogP contribution in [-0.4, -0.2) is 4.98 Å². The monoisotopic (exact) mass is 251 g/mol. The number of hydrogen-bond donors (Lipinski definition) is 2. The maximum absolute atomic E-state index is 12.4. The molecular formula is C7H8BrF2N3. The maximum Gasteiger partial charge on any atom is 0.267 e. The third-order valence-electron chi connectivity index (χ3n) is 1.57. The van der Waals surface area contributed by atoms with Crippen LogP contribution in [0.15, 0.2) is 10.7 Å². The topological polar surface area (TPSA) is 64.9 Å². The summed E-state index contributed by atoms with van der Waals surface area (Å²) in [5.41, 5.74) is 10.7. The minimum absolute atomic E-state index is 0.0286. The van der Waals surface area contributed by atoms with Gasteiger partial charge in [-0.3, -0.25) is 4.98 Å². The molecule has 72 valence electrons. The highest BCUT2D eigenvalue weighted by atomic mass is 79.9. The van der Waals surface area contributed by atoms with Crippen LogP contribution in [0.3, 0.4) is 0 Å².